The first kappa shape index (κ1) is 11.3. The van der Waals surface area contributed by atoms with Gasteiger partial charge in [-0.3, -0.25) is 0 Å². The van der Waals surface area contributed by atoms with Crippen LogP contribution in [0.4, 0.5) is 16.2 Å². The van der Waals surface area contributed by atoms with Crippen molar-refractivity contribution in [2.24, 2.45) is 0 Å². The molecule has 3 rings (SSSR count). The number of anilines is 2. The van der Waals surface area contributed by atoms with Gasteiger partial charge in [0.25, 0.3) is 0 Å². The molecule has 0 saturated carbocycles. The van der Waals surface area contributed by atoms with Crippen molar-refractivity contribution in [1.29, 1.82) is 0 Å². The van der Waals surface area contributed by atoms with Crippen LogP contribution in [0.1, 0.15) is 0 Å². The second kappa shape index (κ2) is 4.45. The van der Waals surface area contributed by atoms with Crippen LogP contribution >= 0.6 is 0 Å². The van der Waals surface area contributed by atoms with Crippen LogP contribution in [0, 0.1) is 0 Å². The largest absolute Gasteiger partial charge is 0.464 e. The van der Waals surface area contributed by atoms with E-state index in [1.807, 2.05) is 6.07 Å². The second-order valence-electron chi connectivity index (χ2n) is 4.06. The molecule has 0 unspecified atom stereocenters. The van der Waals surface area contributed by atoms with Crippen molar-refractivity contribution in [2.75, 3.05) is 4.90 Å². The summed E-state index contributed by atoms with van der Waals surface area (Å²) >= 11 is 0. The average Bonchev–Trinajstić information content (AvgIpc) is 2.87. The number of aromatic nitrogens is 2. The van der Waals surface area contributed by atoms with Crippen LogP contribution < -0.4 is 4.90 Å². The molecule has 1 heterocycles. The minimum atomic E-state index is -1.02. The molecule has 0 radical (unpaired) electrons. The lowest BCUT2D eigenvalue weighted by atomic mass is 10.2. The van der Waals surface area contributed by atoms with E-state index in [-0.39, 0.29) is 0 Å². The minimum absolute atomic E-state index is 0.579. The van der Waals surface area contributed by atoms with Gasteiger partial charge in [0.05, 0.1) is 28.7 Å². The molecule has 0 fully saturated rings. The van der Waals surface area contributed by atoms with Crippen molar-refractivity contribution >= 4 is 28.5 Å². The third-order valence-corrected chi connectivity index (χ3v) is 2.87. The van der Waals surface area contributed by atoms with Gasteiger partial charge in [-0.1, -0.05) is 18.2 Å². The molecule has 0 aliphatic carbocycles. The third kappa shape index (κ3) is 2.01. The maximum Gasteiger partial charge on any atom is 0.416 e. The molecule has 3 aromatic rings. The maximum absolute atomic E-state index is 11.5. The van der Waals surface area contributed by atoms with E-state index in [9.17, 15) is 9.90 Å². The fourth-order valence-corrected chi connectivity index (χ4v) is 2.01. The van der Waals surface area contributed by atoms with Gasteiger partial charge in [-0.2, -0.15) is 0 Å². The zero-order valence-electron chi connectivity index (χ0n) is 9.95. The molecular weight excluding hydrogens is 242 g/mol. The van der Waals surface area contributed by atoms with Gasteiger partial charge in [0.1, 0.15) is 0 Å². The van der Waals surface area contributed by atoms with Gasteiger partial charge in [0, 0.05) is 0 Å². The molecule has 5 heteroatoms. The summed E-state index contributed by atoms with van der Waals surface area (Å²) in [5.74, 6) is 0. The van der Waals surface area contributed by atoms with Gasteiger partial charge in [-0.25, -0.2) is 14.7 Å². The third-order valence-electron chi connectivity index (χ3n) is 2.87. The van der Waals surface area contributed by atoms with Crippen LogP contribution in [0.15, 0.2) is 54.9 Å². The molecule has 0 atom stereocenters. The zero-order valence-corrected chi connectivity index (χ0v) is 9.95. The van der Waals surface area contributed by atoms with Crippen molar-refractivity contribution in [2.45, 2.75) is 0 Å². The number of hydrogen-bond donors (Lipinski definition) is 2. The highest BCUT2D eigenvalue weighted by Crippen LogP contribution is 2.27. The lowest BCUT2D eigenvalue weighted by molar-refractivity contribution is 0.205. The summed E-state index contributed by atoms with van der Waals surface area (Å²) in [5, 5.41) is 9.40. The number of para-hydroxylation sites is 1. The normalized spacial score (nSPS) is 10.5. The van der Waals surface area contributed by atoms with Crippen LogP contribution in [0.5, 0.6) is 0 Å². The monoisotopic (exact) mass is 253 g/mol. The number of H-pyrrole nitrogens is 1. The molecule has 0 bridgehead atoms. The Morgan fingerprint density at radius 1 is 1.11 bits per heavy atom. The molecule has 0 saturated heterocycles. The number of carboxylic acid groups (broad SMARTS) is 1. The summed E-state index contributed by atoms with van der Waals surface area (Å²) in [5.41, 5.74) is 2.80. The predicted molar refractivity (Wildman–Crippen MR) is 72.7 cm³/mol. The van der Waals surface area contributed by atoms with E-state index in [2.05, 4.69) is 9.97 Å². The highest BCUT2D eigenvalue weighted by molar-refractivity contribution is 5.96. The van der Waals surface area contributed by atoms with Crippen molar-refractivity contribution in [3.63, 3.8) is 0 Å². The molecule has 19 heavy (non-hydrogen) atoms. The van der Waals surface area contributed by atoms with Crippen LogP contribution in [0.3, 0.4) is 0 Å². The van der Waals surface area contributed by atoms with E-state index < -0.39 is 6.09 Å². The first-order chi connectivity index (χ1) is 9.25. The fraction of sp³-hybridized carbons (Fsp3) is 0. The van der Waals surface area contributed by atoms with Gasteiger partial charge in [0.2, 0.25) is 0 Å². The molecule has 2 aromatic carbocycles. The highest BCUT2D eigenvalue weighted by atomic mass is 16.4. The SMILES string of the molecule is O=C(O)N(c1ccccc1)c1ccc2nc[nH]c2c1. The summed E-state index contributed by atoms with van der Waals surface area (Å²) in [6, 6.07) is 14.3. The fourth-order valence-electron chi connectivity index (χ4n) is 2.01. The summed E-state index contributed by atoms with van der Waals surface area (Å²) in [6.07, 6.45) is 0.562. The molecule has 0 spiro atoms. The van der Waals surface area contributed by atoms with Gasteiger partial charge < -0.3 is 10.1 Å². The van der Waals surface area contributed by atoms with E-state index in [1.165, 1.54) is 4.90 Å². The Bertz CT molecular complexity index is 722. The summed E-state index contributed by atoms with van der Waals surface area (Å²) in [6.45, 7) is 0. The Labute approximate surface area is 109 Å². The molecule has 0 aliphatic heterocycles. The van der Waals surface area contributed by atoms with Gasteiger partial charge in [-0.05, 0) is 30.3 Å². The molecule has 1 amide bonds. The number of rotatable bonds is 2. The van der Waals surface area contributed by atoms with Crippen molar-refractivity contribution in [3.8, 4) is 0 Å². The van der Waals surface area contributed by atoms with Crippen LogP contribution in [0.2, 0.25) is 0 Å². The smallest absolute Gasteiger partial charge is 0.416 e. The van der Waals surface area contributed by atoms with Crippen LogP contribution in [-0.2, 0) is 0 Å². The summed E-state index contributed by atoms with van der Waals surface area (Å²) in [7, 11) is 0. The van der Waals surface area contributed by atoms with Crippen molar-refractivity contribution < 1.29 is 9.90 Å². The number of nitrogens with zero attached hydrogens (tertiary/aromatic N) is 2. The Hall–Kier alpha value is -2.82. The number of fused-ring (bicyclic) bond motifs is 1. The van der Waals surface area contributed by atoms with E-state index >= 15 is 0 Å². The molecule has 0 aliphatic rings. The average molecular weight is 253 g/mol. The van der Waals surface area contributed by atoms with Gasteiger partial charge in [0.15, 0.2) is 0 Å². The Morgan fingerprint density at radius 2 is 1.89 bits per heavy atom. The molecule has 1 aromatic heterocycles. The first-order valence-electron chi connectivity index (χ1n) is 5.77. The maximum atomic E-state index is 11.5. The summed E-state index contributed by atoms with van der Waals surface area (Å²) in [4.78, 5) is 19.8. The number of carbonyl (C=O) groups is 1. The number of amides is 1. The van der Waals surface area contributed by atoms with Gasteiger partial charge in [-0.15, -0.1) is 0 Å². The zero-order chi connectivity index (χ0) is 13.2. The first-order valence-corrected chi connectivity index (χ1v) is 5.77. The Kier molecular flexibility index (Phi) is 2.64. The highest BCUT2D eigenvalue weighted by Gasteiger charge is 2.17. The van der Waals surface area contributed by atoms with E-state index in [0.29, 0.717) is 11.4 Å². The quantitative estimate of drug-likeness (QED) is 0.735. The minimum Gasteiger partial charge on any atom is -0.464 e. The summed E-state index contributed by atoms with van der Waals surface area (Å²) < 4.78 is 0. The standard InChI is InChI=1S/C14H11N3O2/c18-14(19)17(10-4-2-1-3-5-10)11-6-7-12-13(8-11)16-9-15-12/h1-9H,(H,15,16)(H,18,19). The molecule has 2 N–H and O–H groups in total. The molecular formula is C14H11N3O2. The van der Waals surface area contributed by atoms with Crippen LogP contribution in [-0.4, -0.2) is 21.2 Å². The number of aromatic amines is 1. The van der Waals surface area contributed by atoms with E-state index in [4.69, 9.17) is 0 Å². The Morgan fingerprint density at radius 3 is 2.63 bits per heavy atom. The molecule has 94 valence electrons. The van der Waals surface area contributed by atoms with E-state index in [0.717, 1.165) is 11.0 Å². The van der Waals surface area contributed by atoms with Crippen LogP contribution in [0.25, 0.3) is 11.0 Å². The lowest BCUT2D eigenvalue weighted by Gasteiger charge is -2.19. The number of hydrogen-bond acceptors (Lipinski definition) is 2. The second-order valence-corrected chi connectivity index (χ2v) is 4.06. The lowest BCUT2D eigenvalue weighted by Crippen LogP contribution is -2.23. The molecule has 5 nitrogen and oxygen atoms in total. The topological polar surface area (TPSA) is 69.2 Å². The van der Waals surface area contributed by atoms with E-state index in [1.54, 1.807) is 48.8 Å². The Balaban J connectivity index is 2.12. The predicted octanol–water partition coefficient (Wildman–Crippen LogP) is 3.38. The number of imidazole rings is 1. The van der Waals surface area contributed by atoms with Crippen molar-refractivity contribution in [3.05, 3.63) is 54.9 Å². The number of nitrogens with one attached hydrogen (secondary N) is 1. The van der Waals surface area contributed by atoms with Crippen molar-refractivity contribution in [1.82, 2.24) is 9.97 Å². The number of benzene rings is 2. The van der Waals surface area contributed by atoms with Gasteiger partial charge >= 0.3 is 6.09 Å².